The van der Waals surface area contributed by atoms with E-state index in [-0.39, 0.29) is 11.3 Å². The third-order valence-corrected chi connectivity index (χ3v) is 3.96. The molecule has 0 saturated heterocycles. The molecule has 0 heterocycles. The molecule has 3 nitrogen and oxygen atoms in total. The van der Waals surface area contributed by atoms with Gasteiger partial charge in [0, 0.05) is 19.5 Å². The van der Waals surface area contributed by atoms with Gasteiger partial charge in [0.2, 0.25) is 5.91 Å². The van der Waals surface area contributed by atoms with Crippen LogP contribution in [-0.4, -0.2) is 30.9 Å². The van der Waals surface area contributed by atoms with Gasteiger partial charge in [0.25, 0.3) is 0 Å². The lowest BCUT2D eigenvalue weighted by Crippen LogP contribution is -2.42. The highest BCUT2D eigenvalue weighted by atomic mass is 16.2. The van der Waals surface area contributed by atoms with Crippen LogP contribution in [0.15, 0.2) is 0 Å². The van der Waals surface area contributed by atoms with Crippen LogP contribution in [0, 0.1) is 17.3 Å². The summed E-state index contributed by atoms with van der Waals surface area (Å²) in [6, 6.07) is 0. The molecule has 0 radical (unpaired) electrons. The van der Waals surface area contributed by atoms with Gasteiger partial charge in [0.05, 0.1) is 0 Å². The maximum atomic E-state index is 12.3. The minimum atomic E-state index is 0.0202. The van der Waals surface area contributed by atoms with Gasteiger partial charge in [0.15, 0.2) is 0 Å². The van der Waals surface area contributed by atoms with Gasteiger partial charge in [-0.1, -0.05) is 20.8 Å². The van der Waals surface area contributed by atoms with Crippen LogP contribution in [0.25, 0.3) is 0 Å². The number of rotatable bonds is 4. The van der Waals surface area contributed by atoms with E-state index in [0.29, 0.717) is 12.5 Å². The average molecular weight is 240 g/mol. The second-order valence-electron chi connectivity index (χ2n) is 6.52. The maximum absolute atomic E-state index is 12.3. The van der Waals surface area contributed by atoms with E-state index >= 15 is 0 Å². The number of carbonyl (C=O) groups is 1. The standard InChI is InChI=1S/C14H28N2O/c1-11-5-7-12(8-6-11)13(17)16(4)10-14(2,3)9-15/h11-12H,5-10,15H2,1-4H3. The summed E-state index contributed by atoms with van der Waals surface area (Å²) in [5.74, 6) is 1.37. The molecule has 0 aromatic heterocycles. The number of carbonyl (C=O) groups excluding carboxylic acids is 1. The fourth-order valence-electron chi connectivity index (χ4n) is 2.60. The van der Waals surface area contributed by atoms with E-state index < -0.39 is 0 Å². The first-order valence-corrected chi connectivity index (χ1v) is 6.81. The predicted molar refractivity (Wildman–Crippen MR) is 71.6 cm³/mol. The van der Waals surface area contributed by atoms with Crippen molar-refractivity contribution in [3.63, 3.8) is 0 Å². The van der Waals surface area contributed by atoms with Gasteiger partial charge in [-0.3, -0.25) is 4.79 Å². The fraction of sp³-hybridized carbons (Fsp3) is 0.929. The number of hydrogen-bond acceptors (Lipinski definition) is 2. The van der Waals surface area contributed by atoms with Crippen LogP contribution in [0.3, 0.4) is 0 Å². The Morgan fingerprint density at radius 1 is 1.29 bits per heavy atom. The van der Waals surface area contributed by atoms with Crippen molar-refractivity contribution in [1.29, 1.82) is 0 Å². The van der Waals surface area contributed by atoms with Crippen molar-refractivity contribution in [1.82, 2.24) is 4.90 Å². The Labute approximate surface area is 106 Å². The second-order valence-corrected chi connectivity index (χ2v) is 6.52. The Hall–Kier alpha value is -0.570. The number of nitrogens with two attached hydrogens (primary N) is 1. The molecule has 1 fully saturated rings. The van der Waals surface area contributed by atoms with Gasteiger partial charge in [0.1, 0.15) is 0 Å². The molecule has 0 aromatic rings. The third kappa shape index (κ3) is 4.30. The highest BCUT2D eigenvalue weighted by Gasteiger charge is 2.29. The molecule has 0 aromatic carbocycles. The van der Waals surface area contributed by atoms with Crippen molar-refractivity contribution >= 4 is 5.91 Å². The second kappa shape index (κ2) is 5.85. The van der Waals surface area contributed by atoms with Crippen LogP contribution >= 0.6 is 0 Å². The van der Waals surface area contributed by atoms with Crippen LogP contribution in [0.4, 0.5) is 0 Å². The van der Waals surface area contributed by atoms with Crippen molar-refractivity contribution in [3.05, 3.63) is 0 Å². The zero-order valence-corrected chi connectivity index (χ0v) is 11.8. The minimum Gasteiger partial charge on any atom is -0.345 e. The molecule has 2 N–H and O–H groups in total. The SMILES string of the molecule is CC1CCC(C(=O)N(C)CC(C)(C)CN)CC1. The monoisotopic (exact) mass is 240 g/mol. The van der Waals surface area contributed by atoms with Gasteiger partial charge in [-0.2, -0.15) is 0 Å². The van der Waals surface area contributed by atoms with E-state index in [0.717, 1.165) is 25.3 Å². The summed E-state index contributed by atoms with van der Waals surface area (Å²) < 4.78 is 0. The third-order valence-electron chi connectivity index (χ3n) is 3.96. The lowest BCUT2D eigenvalue weighted by molar-refractivity contribution is -0.136. The largest absolute Gasteiger partial charge is 0.345 e. The van der Waals surface area contributed by atoms with Gasteiger partial charge in [-0.25, -0.2) is 0 Å². The Morgan fingerprint density at radius 2 is 1.82 bits per heavy atom. The topological polar surface area (TPSA) is 46.3 Å². The fourth-order valence-corrected chi connectivity index (χ4v) is 2.60. The summed E-state index contributed by atoms with van der Waals surface area (Å²) in [6.07, 6.45) is 4.52. The van der Waals surface area contributed by atoms with Gasteiger partial charge in [-0.15, -0.1) is 0 Å². The van der Waals surface area contributed by atoms with E-state index in [1.165, 1.54) is 12.8 Å². The van der Waals surface area contributed by atoms with Crippen molar-refractivity contribution in [3.8, 4) is 0 Å². The highest BCUT2D eigenvalue weighted by molar-refractivity contribution is 5.78. The van der Waals surface area contributed by atoms with Crippen LogP contribution < -0.4 is 5.73 Å². The molecule has 1 rings (SSSR count). The zero-order chi connectivity index (χ0) is 13.1. The summed E-state index contributed by atoms with van der Waals surface area (Å²) in [5.41, 5.74) is 5.73. The van der Waals surface area contributed by atoms with Crippen molar-refractivity contribution < 1.29 is 4.79 Å². The first-order chi connectivity index (χ1) is 7.85. The molecule has 0 bridgehead atoms. The number of hydrogen-bond donors (Lipinski definition) is 1. The highest BCUT2D eigenvalue weighted by Crippen LogP contribution is 2.29. The van der Waals surface area contributed by atoms with Gasteiger partial charge in [-0.05, 0) is 43.6 Å². The van der Waals surface area contributed by atoms with Crippen LogP contribution in [0.1, 0.15) is 46.5 Å². The van der Waals surface area contributed by atoms with Crippen molar-refractivity contribution in [2.24, 2.45) is 23.0 Å². The van der Waals surface area contributed by atoms with Gasteiger partial charge >= 0.3 is 0 Å². The quantitative estimate of drug-likeness (QED) is 0.819. The molecular weight excluding hydrogens is 212 g/mol. The Morgan fingerprint density at radius 3 is 2.29 bits per heavy atom. The summed E-state index contributed by atoms with van der Waals surface area (Å²) in [7, 11) is 1.91. The van der Waals surface area contributed by atoms with Crippen LogP contribution in [0.2, 0.25) is 0 Å². The van der Waals surface area contributed by atoms with E-state index in [1.807, 2.05) is 11.9 Å². The molecule has 0 unspecified atom stereocenters. The molecule has 1 saturated carbocycles. The minimum absolute atomic E-state index is 0.0202. The molecule has 1 aliphatic carbocycles. The average Bonchev–Trinajstić information content (AvgIpc) is 2.28. The van der Waals surface area contributed by atoms with E-state index in [9.17, 15) is 4.79 Å². The van der Waals surface area contributed by atoms with Gasteiger partial charge < -0.3 is 10.6 Å². The summed E-state index contributed by atoms with van der Waals surface area (Å²) in [6.45, 7) is 7.88. The maximum Gasteiger partial charge on any atom is 0.225 e. The summed E-state index contributed by atoms with van der Waals surface area (Å²) in [4.78, 5) is 14.2. The molecular formula is C14H28N2O. The van der Waals surface area contributed by atoms with Crippen molar-refractivity contribution in [2.45, 2.75) is 46.5 Å². The first-order valence-electron chi connectivity index (χ1n) is 6.81. The summed E-state index contributed by atoms with van der Waals surface area (Å²) >= 11 is 0. The Balaban J connectivity index is 2.46. The molecule has 17 heavy (non-hydrogen) atoms. The predicted octanol–water partition coefficient (Wildman–Crippen LogP) is 2.26. The number of amides is 1. The van der Waals surface area contributed by atoms with E-state index in [4.69, 9.17) is 5.73 Å². The van der Waals surface area contributed by atoms with Crippen molar-refractivity contribution in [2.75, 3.05) is 20.1 Å². The van der Waals surface area contributed by atoms with E-state index in [2.05, 4.69) is 20.8 Å². The Kier molecular flexibility index (Phi) is 4.99. The normalized spacial score (nSPS) is 25.7. The van der Waals surface area contributed by atoms with Crippen LogP contribution in [0.5, 0.6) is 0 Å². The molecule has 0 spiro atoms. The summed E-state index contributed by atoms with van der Waals surface area (Å²) in [5, 5.41) is 0. The molecule has 100 valence electrons. The lowest BCUT2D eigenvalue weighted by Gasteiger charge is -2.33. The lowest BCUT2D eigenvalue weighted by atomic mass is 9.82. The van der Waals surface area contributed by atoms with E-state index in [1.54, 1.807) is 0 Å². The molecule has 3 heteroatoms. The molecule has 1 amide bonds. The zero-order valence-electron chi connectivity index (χ0n) is 11.8. The molecule has 1 aliphatic rings. The number of nitrogens with zero attached hydrogens (tertiary/aromatic N) is 1. The molecule has 0 aliphatic heterocycles. The molecule has 0 atom stereocenters. The Bertz CT molecular complexity index is 255. The first kappa shape index (κ1) is 14.5. The van der Waals surface area contributed by atoms with Crippen LogP contribution in [-0.2, 0) is 4.79 Å². The smallest absolute Gasteiger partial charge is 0.225 e.